The third-order valence-corrected chi connectivity index (χ3v) is 7.40. The first-order chi connectivity index (χ1) is 7.77. The van der Waals surface area contributed by atoms with Crippen LogP contribution in [0.15, 0.2) is 54.7 Å². The average Bonchev–Trinajstić information content (AvgIpc) is 2.40. The van der Waals surface area contributed by atoms with Gasteiger partial charge in [-0.25, -0.2) is 0 Å². The first-order valence-electron chi connectivity index (χ1n) is 4.90. The van der Waals surface area contributed by atoms with Crippen LogP contribution < -0.4 is 10.7 Å². The SMILES string of the molecule is CS[P@](=O)(c1ccccc1)c1ccccn1. The Morgan fingerprint density at radius 1 is 1.06 bits per heavy atom. The fourth-order valence-corrected chi connectivity index (χ4v) is 5.09. The summed E-state index contributed by atoms with van der Waals surface area (Å²) in [6, 6.07) is 15.0. The predicted molar refractivity (Wildman–Crippen MR) is 71.1 cm³/mol. The Bertz CT molecular complexity index is 457. The highest BCUT2D eigenvalue weighted by Gasteiger charge is 2.26. The smallest absolute Gasteiger partial charge is 0.212 e. The Morgan fingerprint density at radius 3 is 2.31 bits per heavy atom. The first-order valence-corrected chi connectivity index (χ1v) is 8.44. The Kier molecular flexibility index (Phi) is 3.47. The normalized spacial score (nSPS) is 14.3. The zero-order valence-electron chi connectivity index (χ0n) is 8.91. The maximum Gasteiger partial charge on any atom is 0.212 e. The summed E-state index contributed by atoms with van der Waals surface area (Å²) in [6.07, 6.45) is 0.946. The molecule has 0 aliphatic rings. The van der Waals surface area contributed by atoms with Gasteiger partial charge in [0.05, 0.1) is 0 Å². The van der Waals surface area contributed by atoms with Gasteiger partial charge >= 0.3 is 0 Å². The molecule has 0 amide bonds. The number of aromatic nitrogens is 1. The molecule has 2 nitrogen and oxygen atoms in total. The average molecular weight is 249 g/mol. The topological polar surface area (TPSA) is 30.0 Å². The van der Waals surface area contributed by atoms with Gasteiger partial charge in [0, 0.05) is 11.5 Å². The molecule has 0 saturated heterocycles. The van der Waals surface area contributed by atoms with Gasteiger partial charge in [-0.1, -0.05) is 47.8 Å². The number of benzene rings is 1. The molecule has 16 heavy (non-hydrogen) atoms. The Hall–Kier alpha value is -1.05. The van der Waals surface area contributed by atoms with Crippen molar-refractivity contribution in [1.29, 1.82) is 0 Å². The molecule has 1 atom stereocenters. The van der Waals surface area contributed by atoms with Crippen LogP contribution in [0.5, 0.6) is 0 Å². The summed E-state index contributed by atoms with van der Waals surface area (Å²) in [4.78, 5) is 4.21. The molecule has 0 spiro atoms. The molecule has 0 saturated carbocycles. The van der Waals surface area contributed by atoms with Crippen molar-refractivity contribution in [1.82, 2.24) is 4.98 Å². The van der Waals surface area contributed by atoms with Gasteiger partial charge in [0.1, 0.15) is 5.44 Å². The maximum absolute atomic E-state index is 12.9. The number of hydrogen-bond donors (Lipinski definition) is 0. The zero-order chi connectivity index (χ0) is 11.4. The van der Waals surface area contributed by atoms with Gasteiger partial charge in [-0.15, -0.1) is 0 Å². The molecule has 1 aromatic carbocycles. The number of hydrogen-bond acceptors (Lipinski definition) is 3. The molecule has 0 aliphatic carbocycles. The molecule has 2 aromatic rings. The molecule has 0 radical (unpaired) electrons. The Balaban J connectivity index is 2.54. The van der Waals surface area contributed by atoms with Crippen LogP contribution in [0.3, 0.4) is 0 Å². The van der Waals surface area contributed by atoms with Crippen molar-refractivity contribution in [3.05, 3.63) is 54.7 Å². The molecule has 4 heteroatoms. The van der Waals surface area contributed by atoms with Crippen LogP contribution in [0.4, 0.5) is 0 Å². The van der Waals surface area contributed by atoms with Gasteiger partial charge in [0.2, 0.25) is 6.34 Å². The Labute approximate surface area is 99.2 Å². The lowest BCUT2D eigenvalue weighted by molar-refractivity contribution is 0.595. The van der Waals surface area contributed by atoms with Gasteiger partial charge in [-0.2, -0.15) is 0 Å². The third-order valence-electron chi connectivity index (χ3n) is 2.30. The van der Waals surface area contributed by atoms with Gasteiger partial charge in [-0.3, -0.25) is 4.98 Å². The van der Waals surface area contributed by atoms with Gasteiger partial charge in [-0.05, 0) is 18.4 Å². The van der Waals surface area contributed by atoms with E-state index in [-0.39, 0.29) is 0 Å². The summed E-state index contributed by atoms with van der Waals surface area (Å²) in [5.41, 5.74) is 0.661. The molecular formula is C12H12NOPS. The van der Waals surface area contributed by atoms with E-state index in [1.54, 1.807) is 6.20 Å². The van der Waals surface area contributed by atoms with E-state index in [2.05, 4.69) is 4.98 Å². The second-order valence-electron chi connectivity index (χ2n) is 3.26. The van der Waals surface area contributed by atoms with Gasteiger partial charge < -0.3 is 4.57 Å². The quantitative estimate of drug-likeness (QED) is 0.783. The van der Waals surface area contributed by atoms with E-state index in [1.165, 1.54) is 11.4 Å². The molecule has 0 N–H and O–H groups in total. The van der Waals surface area contributed by atoms with Crippen molar-refractivity contribution < 1.29 is 4.57 Å². The van der Waals surface area contributed by atoms with Crippen molar-refractivity contribution in [3.8, 4) is 0 Å². The molecule has 0 bridgehead atoms. The van der Waals surface area contributed by atoms with Crippen LogP contribution in [0.1, 0.15) is 0 Å². The maximum atomic E-state index is 12.9. The van der Waals surface area contributed by atoms with Crippen LogP contribution in [-0.2, 0) is 4.57 Å². The summed E-state index contributed by atoms with van der Waals surface area (Å²) in [6.45, 7) is 0. The molecule has 0 fully saturated rings. The molecule has 1 heterocycles. The van der Waals surface area contributed by atoms with E-state index < -0.39 is 6.34 Å². The number of pyridine rings is 1. The molecule has 2 rings (SSSR count). The summed E-state index contributed by atoms with van der Waals surface area (Å²) >= 11 is 1.37. The molecule has 1 aromatic heterocycles. The largest absolute Gasteiger partial charge is 0.300 e. The lowest BCUT2D eigenvalue weighted by atomic mass is 10.4. The summed E-state index contributed by atoms with van der Waals surface area (Å²) in [7, 11) is 0. The molecular weight excluding hydrogens is 237 g/mol. The van der Waals surface area contributed by atoms with E-state index in [0.717, 1.165) is 5.30 Å². The lowest BCUT2D eigenvalue weighted by Crippen LogP contribution is -2.15. The van der Waals surface area contributed by atoms with E-state index in [4.69, 9.17) is 0 Å². The molecule has 0 unspecified atom stereocenters. The van der Waals surface area contributed by atoms with E-state index >= 15 is 0 Å². The predicted octanol–water partition coefficient (Wildman–Crippen LogP) is 2.67. The minimum atomic E-state index is -2.60. The fourth-order valence-electron chi connectivity index (χ4n) is 1.48. The lowest BCUT2D eigenvalue weighted by Gasteiger charge is -2.14. The van der Waals surface area contributed by atoms with Crippen LogP contribution in [-0.4, -0.2) is 11.2 Å². The van der Waals surface area contributed by atoms with E-state index in [0.29, 0.717) is 5.44 Å². The van der Waals surface area contributed by atoms with Crippen molar-refractivity contribution in [2.24, 2.45) is 0 Å². The van der Waals surface area contributed by atoms with Crippen molar-refractivity contribution in [2.75, 3.05) is 6.26 Å². The minimum Gasteiger partial charge on any atom is -0.300 e. The summed E-state index contributed by atoms with van der Waals surface area (Å²) < 4.78 is 12.9. The fraction of sp³-hybridized carbons (Fsp3) is 0.0833. The monoisotopic (exact) mass is 249 g/mol. The highest BCUT2D eigenvalue weighted by molar-refractivity contribution is 8.62. The van der Waals surface area contributed by atoms with Crippen LogP contribution in [0.25, 0.3) is 0 Å². The van der Waals surface area contributed by atoms with Gasteiger partial charge in [0.25, 0.3) is 0 Å². The van der Waals surface area contributed by atoms with Crippen LogP contribution in [0.2, 0.25) is 0 Å². The standard InChI is InChI=1S/C12H12NOPS/c1-16-15(14,11-7-3-2-4-8-11)12-9-5-6-10-13-12/h2-10H,1H3/t15-/m1/s1. The third kappa shape index (κ3) is 2.06. The summed E-state index contributed by atoms with van der Waals surface area (Å²) in [5.74, 6) is 0. The van der Waals surface area contributed by atoms with E-state index in [9.17, 15) is 4.57 Å². The molecule has 82 valence electrons. The first kappa shape index (κ1) is 11.4. The Morgan fingerprint density at radius 2 is 1.75 bits per heavy atom. The highest BCUT2D eigenvalue weighted by Crippen LogP contribution is 2.53. The zero-order valence-corrected chi connectivity index (χ0v) is 10.6. The van der Waals surface area contributed by atoms with Crippen molar-refractivity contribution in [2.45, 2.75) is 0 Å². The highest BCUT2D eigenvalue weighted by atomic mass is 32.7. The van der Waals surface area contributed by atoms with Crippen LogP contribution >= 0.6 is 17.7 Å². The van der Waals surface area contributed by atoms with E-state index in [1.807, 2.05) is 54.8 Å². The van der Waals surface area contributed by atoms with Crippen LogP contribution in [0, 0.1) is 0 Å². The summed E-state index contributed by atoms with van der Waals surface area (Å²) in [5, 5.41) is 0.848. The molecule has 0 aliphatic heterocycles. The van der Waals surface area contributed by atoms with Crippen molar-refractivity contribution >= 4 is 28.5 Å². The minimum absolute atomic E-state index is 0.661. The number of rotatable bonds is 3. The van der Waals surface area contributed by atoms with Crippen molar-refractivity contribution in [3.63, 3.8) is 0 Å². The van der Waals surface area contributed by atoms with Gasteiger partial charge in [0.15, 0.2) is 0 Å². The number of nitrogens with zero attached hydrogens (tertiary/aromatic N) is 1. The second kappa shape index (κ2) is 4.86. The second-order valence-corrected chi connectivity index (χ2v) is 8.34.